The fraction of sp³-hybridized carbons (Fsp3) is 0.0323. The van der Waals surface area contributed by atoms with Crippen molar-refractivity contribution in [1.82, 2.24) is 5.32 Å². The first kappa shape index (κ1) is 22.9. The molecule has 5 nitrogen and oxygen atoms in total. The van der Waals surface area contributed by atoms with Crippen LogP contribution >= 0.6 is 0 Å². The maximum atomic E-state index is 13.5. The summed E-state index contributed by atoms with van der Waals surface area (Å²) >= 11 is 0. The first-order valence-corrected chi connectivity index (χ1v) is 11.6. The van der Waals surface area contributed by atoms with Crippen molar-refractivity contribution in [3.8, 4) is 5.75 Å². The SMILES string of the molecule is COc1cccc(NC(=O)/C(=C\c2c3ccccc3cc3ccccc23)NC(=O)c2ccccc2)c1. The molecule has 0 spiro atoms. The first-order valence-electron chi connectivity index (χ1n) is 11.6. The maximum absolute atomic E-state index is 13.5. The minimum atomic E-state index is -0.440. The molecule has 0 aliphatic heterocycles. The molecule has 2 N–H and O–H groups in total. The summed E-state index contributed by atoms with van der Waals surface area (Å²) in [4.78, 5) is 26.6. The summed E-state index contributed by atoms with van der Waals surface area (Å²) < 4.78 is 5.28. The number of anilines is 1. The molecule has 0 saturated carbocycles. The van der Waals surface area contributed by atoms with E-state index >= 15 is 0 Å². The lowest BCUT2D eigenvalue weighted by molar-refractivity contribution is -0.113. The highest BCUT2D eigenvalue weighted by atomic mass is 16.5. The lowest BCUT2D eigenvalue weighted by Crippen LogP contribution is -2.30. The van der Waals surface area contributed by atoms with Crippen LogP contribution in [0, 0.1) is 0 Å². The Morgan fingerprint density at radius 1 is 0.722 bits per heavy atom. The summed E-state index contributed by atoms with van der Waals surface area (Å²) in [5.41, 5.74) is 2.00. The number of nitrogens with one attached hydrogen (secondary N) is 2. The maximum Gasteiger partial charge on any atom is 0.272 e. The molecule has 5 aromatic carbocycles. The second kappa shape index (κ2) is 10.2. The van der Waals surface area contributed by atoms with Crippen LogP contribution in [0.5, 0.6) is 5.75 Å². The van der Waals surface area contributed by atoms with Gasteiger partial charge >= 0.3 is 0 Å². The second-order valence-electron chi connectivity index (χ2n) is 8.30. The van der Waals surface area contributed by atoms with E-state index < -0.39 is 5.91 Å². The van der Waals surface area contributed by atoms with Crippen molar-refractivity contribution in [3.63, 3.8) is 0 Å². The Balaban J connectivity index is 1.63. The summed E-state index contributed by atoms with van der Waals surface area (Å²) in [5.74, 6) is -0.191. The van der Waals surface area contributed by atoms with E-state index in [9.17, 15) is 9.59 Å². The zero-order chi connectivity index (χ0) is 24.9. The van der Waals surface area contributed by atoms with Crippen LogP contribution in [0.15, 0.2) is 115 Å². The van der Waals surface area contributed by atoms with E-state index in [1.54, 1.807) is 61.7 Å². The van der Waals surface area contributed by atoms with Gasteiger partial charge in [0.15, 0.2) is 0 Å². The molecule has 5 heteroatoms. The average Bonchev–Trinajstić information content (AvgIpc) is 2.92. The van der Waals surface area contributed by atoms with E-state index in [1.807, 2.05) is 54.6 Å². The van der Waals surface area contributed by atoms with E-state index in [4.69, 9.17) is 4.74 Å². The monoisotopic (exact) mass is 472 g/mol. The number of carbonyl (C=O) groups excluding carboxylic acids is 2. The van der Waals surface area contributed by atoms with Crippen molar-refractivity contribution in [2.75, 3.05) is 12.4 Å². The molecule has 5 aromatic rings. The van der Waals surface area contributed by atoms with Gasteiger partial charge in [-0.3, -0.25) is 9.59 Å². The van der Waals surface area contributed by atoms with Crippen LogP contribution in [0.2, 0.25) is 0 Å². The van der Waals surface area contributed by atoms with Gasteiger partial charge in [0.25, 0.3) is 11.8 Å². The standard InChI is InChI=1S/C31H24N2O3/c1-36-25-15-9-14-24(19-25)32-31(35)29(33-30(34)21-10-3-2-4-11-21)20-28-26-16-7-5-12-22(26)18-23-13-6-8-17-27(23)28/h2-20H,1H3,(H,32,35)(H,33,34)/b29-20+. The molecule has 0 fully saturated rings. The van der Waals surface area contributed by atoms with Crippen molar-refractivity contribution in [2.24, 2.45) is 0 Å². The van der Waals surface area contributed by atoms with Gasteiger partial charge in [-0.05, 0) is 63.5 Å². The average molecular weight is 473 g/mol. The van der Waals surface area contributed by atoms with Crippen molar-refractivity contribution < 1.29 is 14.3 Å². The molecular formula is C31H24N2O3. The summed E-state index contributed by atoms with van der Waals surface area (Å²) in [6.45, 7) is 0. The Hall–Kier alpha value is -4.90. The third-order valence-electron chi connectivity index (χ3n) is 5.96. The molecule has 0 heterocycles. The first-order chi connectivity index (χ1) is 17.6. The zero-order valence-electron chi connectivity index (χ0n) is 19.7. The minimum absolute atomic E-state index is 0.133. The predicted molar refractivity (Wildman–Crippen MR) is 145 cm³/mol. The van der Waals surface area contributed by atoms with Gasteiger partial charge in [-0.2, -0.15) is 0 Å². The topological polar surface area (TPSA) is 67.4 Å². The number of amides is 2. The molecular weight excluding hydrogens is 448 g/mol. The Labute approximate surface area is 209 Å². The molecule has 0 bridgehead atoms. The van der Waals surface area contributed by atoms with E-state index in [-0.39, 0.29) is 11.6 Å². The number of rotatable bonds is 6. The fourth-order valence-electron chi connectivity index (χ4n) is 4.19. The molecule has 0 aliphatic rings. The Bertz CT molecular complexity index is 1550. The smallest absolute Gasteiger partial charge is 0.272 e. The van der Waals surface area contributed by atoms with Gasteiger partial charge in [0.05, 0.1) is 7.11 Å². The van der Waals surface area contributed by atoms with Crippen LogP contribution in [0.3, 0.4) is 0 Å². The van der Waals surface area contributed by atoms with Crippen LogP contribution in [0.25, 0.3) is 27.6 Å². The molecule has 36 heavy (non-hydrogen) atoms. The predicted octanol–water partition coefficient (Wildman–Crippen LogP) is 6.41. The highest BCUT2D eigenvalue weighted by Gasteiger charge is 2.17. The molecule has 0 atom stereocenters. The number of hydrogen-bond donors (Lipinski definition) is 2. The van der Waals surface area contributed by atoms with Crippen molar-refractivity contribution >= 4 is 45.1 Å². The van der Waals surface area contributed by atoms with Gasteiger partial charge in [0, 0.05) is 17.3 Å². The van der Waals surface area contributed by atoms with Crippen molar-refractivity contribution in [1.29, 1.82) is 0 Å². The van der Waals surface area contributed by atoms with Crippen LogP contribution in [0.4, 0.5) is 5.69 Å². The Morgan fingerprint density at radius 3 is 2.03 bits per heavy atom. The third-order valence-corrected chi connectivity index (χ3v) is 5.96. The number of hydrogen-bond acceptors (Lipinski definition) is 3. The molecule has 0 saturated heterocycles. The third kappa shape index (κ3) is 4.81. The largest absolute Gasteiger partial charge is 0.497 e. The zero-order valence-corrected chi connectivity index (χ0v) is 19.7. The number of carbonyl (C=O) groups is 2. The van der Waals surface area contributed by atoms with Gasteiger partial charge in [-0.15, -0.1) is 0 Å². The summed E-state index contributed by atoms with van der Waals surface area (Å²) in [6, 6.07) is 34.0. The van der Waals surface area contributed by atoms with Gasteiger partial charge in [-0.1, -0.05) is 72.8 Å². The number of ether oxygens (including phenoxy) is 1. The Kier molecular flexibility index (Phi) is 6.45. The summed E-state index contributed by atoms with van der Waals surface area (Å²) in [5, 5.41) is 9.78. The summed E-state index contributed by atoms with van der Waals surface area (Å²) in [7, 11) is 1.57. The number of methoxy groups -OCH3 is 1. The number of benzene rings is 5. The van der Waals surface area contributed by atoms with Gasteiger partial charge < -0.3 is 15.4 Å². The van der Waals surface area contributed by atoms with Crippen LogP contribution in [-0.2, 0) is 4.79 Å². The lowest BCUT2D eigenvalue weighted by Gasteiger charge is -2.14. The van der Waals surface area contributed by atoms with Crippen LogP contribution in [-0.4, -0.2) is 18.9 Å². The van der Waals surface area contributed by atoms with Gasteiger partial charge in [0.2, 0.25) is 0 Å². The van der Waals surface area contributed by atoms with Crippen molar-refractivity contribution in [2.45, 2.75) is 0 Å². The highest BCUT2D eigenvalue weighted by Crippen LogP contribution is 2.30. The van der Waals surface area contributed by atoms with E-state index in [0.717, 1.165) is 27.1 Å². The molecule has 0 aromatic heterocycles. The molecule has 2 amide bonds. The number of fused-ring (bicyclic) bond motifs is 2. The molecule has 0 radical (unpaired) electrons. The van der Waals surface area contributed by atoms with E-state index in [0.29, 0.717) is 17.0 Å². The fourth-order valence-corrected chi connectivity index (χ4v) is 4.19. The van der Waals surface area contributed by atoms with Crippen LogP contribution in [0.1, 0.15) is 15.9 Å². The van der Waals surface area contributed by atoms with Crippen LogP contribution < -0.4 is 15.4 Å². The van der Waals surface area contributed by atoms with Gasteiger partial charge in [-0.25, -0.2) is 0 Å². The highest BCUT2D eigenvalue weighted by molar-refractivity contribution is 6.14. The minimum Gasteiger partial charge on any atom is -0.497 e. The summed E-state index contributed by atoms with van der Waals surface area (Å²) in [6.07, 6.45) is 1.75. The molecule has 176 valence electrons. The normalized spacial score (nSPS) is 11.3. The quantitative estimate of drug-likeness (QED) is 0.222. The molecule has 5 rings (SSSR count). The van der Waals surface area contributed by atoms with E-state index in [2.05, 4.69) is 16.7 Å². The molecule has 0 aliphatic carbocycles. The van der Waals surface area contributed by atoms with E-state index in [1.165, 1.54) is 0 Å². The Morgan fingerprint density at radius 2 is 1.36 bits per heavy atom. The molecule has 0 unspecified atom stereocenters. The second-order valence-corrected chi connectivity index (χ2v) is 8.30. The lowest BCUT2D eigenvalue weighted by atomic mass is 9.96. The van der Waals surface area contributed by atoms with Gasteiger partial charge in [0.1, 0.15) is 11.4 Å². The van der Waals surface area contributed by atoms with Crippen molar-refractivity contribution in [3.05, 3.63) is 126 Å².